The molecule has 0 heterocycles. The van der Waals surface area contributed by atoms with Crippen molar-refractivity contribution in [2.45, 2.75) is 47.1 Å². The van der Waals surface area contributed by atoms with Gasteiger partial charge < -0.3 is 5.11 Å². The lowest BCUT2D eigenvalue weighted by molar-refractivity contribution is 0.214. The monoisotopic (exact) mass is 251 g/mol. The first-order chi connectivity index (χ1) is 7.08. The summed E-state index contributed by atoms with van der Waals surface area (Å²) >= 11 is 0. The molecular formula is C11H25NO3S. The topological polar surface area (TPSA) is 66.4 Å². The van der Waals surface area contributed by atoms with Gasteiger partial charge in [0.2, 0.25) is 10.0 Å². The molecule has 1 unspecified atom stereocenters. The van der Waals surface area contributed by atoms with Crippen LogP contribution in [-0.4, -0.2) is 31.9 Å². The zero-order valence-electron chi connectivity index (χ0n) is 10.9. The Morgan fingerprint density at radius 3 is 2.06 bits per heavy atom. The van der Waals surface area contributed by atoms with Gasteiger partial charge in [0.1, 0.15) is 0 Å². The smallest absolute Gasteiger partial charge is 0.212 e. The lowest BCUT2D eigenvalue weighted by atomic mass is 9.86. The molecule has 0 aromatic rings. The quantitative estimate of drug-likeness (QED) is 0.749. The largest absolute Gasteiger partial charge is 0.396 e. The van der Waals surface area contributed by atoms with E-state index in [0.29, 0.717) is 6.42 Å². The van der Waals surface area contributed by atoms with E-state index in [0.717, 1.165) is 0 Å². The Morgan fingerprint density at radius 2 is 1.75 bits per heavy atom. The van der Waals surface area contributed by atoms with Crippen LogP contribution in [0.25, 0.3) is 0 Å². The lowest BCUT2D eigenvalue weighted by Gasteiger charge is -2.31. The fourth-order valence-corrected chi connectivity index (χ4v) is 3.38. The Bertz CT molecular complexity index is 291. The van der Waals surface area contributed by atoms with E-state index in [1.54, 1.807) is 0 Å². The molecular weight excluding hydrogens is 226 g/mol. The Labute approximate surface area is 99.5 Å². The molecule has 0 aromatic heterocycles. The molecule has 0 aromatic carbocycles. The van der Waals surface area contributed by atoms with Crippen LogP contribution in [0, 0.1) is 11.3 Å². The predicted octanol–water partition coefficient (Wildman–Crippen LogP) is 1.36. The summed E-state index contributed by atoms with van der Waals surface area (Å²) in [5, 5.41) is 8.94. The average Bonchev–Trinajstić information content (AvgIpc) is 1.98. The van der Waals surface area contributed by atoms with Gasteiger partial charge in [-0.05, 0) is 17.8 Å². The minimum Gasteiger partial charge on any atom is -0.396 e. The second kappa shape index (κ2) is 5.98. The molecule has 2 N–H and O–H groups in total. The van der Waals surface area contributed by atoms with E-state index in [1.807, 2.05) is 34.6 Å². The molecule has 0 amide bonds. The number of hydrogen-bond donors (Lipinski definition) is 2. The molecule has 0 saturated heterocycles. The van der Waals surface area contributed by atoms with Gasteiger partial charge in [0.25, 0.3) is 0 Å². The fourth-order valence-electron chi connectivity index (χ4n) is 1.50. The summed E-state index contributed by atoms with van der Waals surface area (Å²) in [4.78, 5) is 0. The van der Waals surface area contributed by atoms with Crippen LogP contribution in [0.5, 0.6) is 0 Å². The van der Waals surface area contributed by atoms with E-state index in [4.69, 9.17) is 5.11 Å². The van der Waals surface area contributed by atoms with Crippen LogP contribution in [-0.2, 0) is 10.0 Å². The number of aliphatic hydroxyl groups is 1. The van der Waals surface area contributed by atoms with E-state index in [-0.39, 0.29) is 29.7 Å². The summed E-state index contributed by atoms with van der Waals surface area (Å²) in [7, 11) is -3.25. The molecule has 0 radical (unpaired) electrons. The van der Waals surface area contributed by atoms with Crippen molar-refractivity contribution >= 4 is 10.0 Å². The maximum absolute atomic E-state index is 11.8. The van der Waals surface area contributed by atoms with Crippen LogP contribution in [0.1, 0.15) is 41.0 Å². The zero-order valence-corrected chi connectivity index (χ0v) is 11.8. The number of sulfonamides is 1. The molecule has 0 aliphatic heterocycles. The van der Waals surface area contributed by atoms with Gasteiger partial charge in [-0.1, -0.05) is 34.6 Å². The average molecular weight is 251 g/mol. The number of hydrogen-bond acceptors (Lipinski definition) is 3. The molecule has 16 heavy (non-hydrogen) atoms. The van der Waals surface area contributed by atoms with Crippen molar-refractivity contribution in [3.63, 3.8) is 0 Å². The Morgan fingerprint density at radius 1 is 1.25 bits per heavy atom. The maximum atomic E-state index is 11.8. The van der Waals surface area contributed by atoms with E-state index in [9.17, 15) is 8.42 Å². The second-order valence-corrected chi connectivity index (χ2v) is 7.52. The van der Waals surface area contributed by atoms with E-state index in [2.05, 4.69) is 4.72 Å². The molecule has 0 rings (SSSR count). The third-order valence-corrected chi connectivity index (χ3v) is 4.09. The van der Waals surface area contributed by atoms with Gasteiger partial charge in [0.05, 0.1) is 5.75 Å². The highest BCUT2D eigenvalue weighted by Crippen LogP contribution is 2.22. The van der Waals surface area contributed by atoms with Gasteiger partial charge >= 0.3 is 0 Å². The van der Waals surface area contributed by atoms with Crippen molar-refractivity contribution in [1.29, 1.82) is 0 Å². The third-order valence-electron chi connectivity index (χ3n) is 2.34. The number of rotatable bonds is 6. The Kier molecular flexibility index (Phi) is 5.93. The summed E-state index contributed by atoms with van der Waals surface area (Å²) in [6.45, 7) is 9.63. The van der Waals surface area contributed by atoms with Crippen LogP contribution < -0.4 is 4.72 Å². The molecule has 0 saturated carbocycles. The van der Waals surface area contributed by atoms with E-state index < -0.39 is 10.0 Å². The molecule has 1 atom stereocenters. The number of nitrogens with one attached hydrogen (secondary N) is 1. The van der Waals surface area contributed by atoms with Crippen LogP contribution >= 0.6 is 0 Å². The maximum Gasteiger partial charge on any atom is 0.212 e. The van der Waals surface area contributed by atoms with Gasteiger partial charge in [-0.25, -0.2) is 13.1 Å². The molecule has 0 bridgehead atoms. The van der Waals surface area contributed by atoms with Gasteiger partial charge in [0, 0.05) is 12.6 Å². The standard InChI is InChI=1S/C11H25NO3S/c1-9(2)8-16(14,15)12-10(6-7-13)11(3,4)5/h9-10,12-13H,6-8H2,1-5H3. The summed E-state index contributed by atoms with van der Waals surface area (Å²) < 4.78 is 26.2. The summed E-state index contributed by atoms with van der Waals surface area (Å²) in [6.07, 6.45) is 0.445. The predicted molar refractivity (Wildman–Crippen MR) is 66.7 cm³/mol. The summed E-state index contributed by atoms with van der Waals surface area (Å²) in [5.41, 5.74) is -0.188. The molecule has 98 valence electrons. The van der Waals surface area contributed by atoms with Crippen molar-refractivity contribution in [2.75, 3.05) is 12.4 Å². The van der Waals surface area contributed by atoms with Gasteiger partial charge in [-0.2, -0.15) is 0 Å². The summed E-state index contributed by atoms with van der Waals surface area (Å²) in [6, 6.07) is -0.221. The minimum atomic E-state index is -3.25. The third kappa shape index (κ3) is 6.45. The van der Waals surface area contributed by atoms with Crippen molar-refractivity contribution in [2.24, 2.45) is 11.3 Å². The van der Waals surface area contributed by atoms with Gasteiger partial charge in [-0.3, -0.25) is 0 Å². The van der Waals surface area contributed by atoms with Crippen LogP contribution in [0.15, 0.2) is 0 Å². The summed E-state index contributed by atoms with van der Waals surface area (Å²) in [5.74, 6) is 0.234. The van der Waals surface area contributed by atoms with Gasteiger partial charge in [0.15, 0.2) is 0 Å². The first-order valence-corrected chi connectivity index (χ1v) is 7.34. The molecule has 0 aliphatic rings. The van der Waals surface area contributed by atoms with E-state index in [1.165, 1.54) is 0 Å². The Hall–Kier alpha value is -0.130. The fraction of sp³-hybridized carbons (Fsp3) is 1.00. The first kappa shape index (κ1) is 15.9. The second-order valence-electron chi connectivity index (χ2n) is 5.72. The van der Waals surface area contributed by atoms with Crippen molar-refractivity contribution in [3.8, 4) is 0 Å². The Balaban J connectivity index is 4.63. The van der Waals surface area contributed by atoms with Gasteiger partial charge in [-0.15, -0.1) is 0 Å². The normalized spacial score (nSPS) is 15.4. The van der Waals surface area contributed by atoms with Crippen molar-refractivity contribution in [1.82, 2.24) is 4.72 Å². The number of aliphatic hydroxyl groups excluding tert-OH is 1. The highest BCUT2D eigenvalue weighted by atomic mass is 32.2. The molecule has 0 spiro atoms. The van der Waals surface area contributed by atoms with E-state index >= 15 is 0 Å². The van der Waals surface area contributed by atoms with Crippen LogP contribution in [0.2, 0.25) is 0 Å². The van der Waals surface area contributed by atoms with Crippen molar-refractivity contribution < 1.29 is 13.5 Å². The SMILES string of the molecule is CC(C)CS(=O)(=O)NC(CCO)C(C)(C)C. The minimum absolute atomic E-state index is 0.00780. The highest BCUT2D eigenvalue weighted by Gasteiger charge is 2.28. The zero-order chi connectivity index (χ0) is 13.0. The molecule has 5 heteroatoms. The lowest BCUT2D eigenvalue weighted by Crippen LogP contribution is -2.45. The molecule has 0 aliphatic carbocycles. The molecule has 4 nitrogen and oxygen atoms in total. The molecule has 0 fully saturated rings. The van der Waals surface area contributed by atoms with Crippen LogP contribution in [0.3, 0.4) is 0 Å². The highest BCUT2D eigenvalue weighted by molar-refractivity contribution is 7.89. The first-order valence-electron chi connectivity index (χ1n) is 5.69. The van der Waals surface area contributed by atoms with Crippen LogP contribution in [0.4, 0.5) is 0 Å². The van der Waals surface area contributed by atoms with Crippen molar-refractivity contribution in [3.05, 3.63) is 0 Å².